The number of furan rings is 1. The molecule has 0 saturated heterocycles. The summed E-state index contributed by atoms with van der Waals surface area (Å²) in [7, 11) is 1.60. The van der Waals surface area contributed by atoms with E-state index in [4.69, 9.17) is 19.0 Å². The first-order valence-corrected chi connectivity index (χ1v) is 7.69. The van der Waals surface area contributed by atoms with E-state index in [0.717, 1.165) is 30.2 Å². The Labute approximate surface area is 135 Å². The molecule has 4 heteroatoms. The smallest absolute Gasteiger partial charge is 0.288 e. The SMILES string of the molecule is COc1oc2cccc(OCO)c2c1CCCc1ccccc1. The zero-order valence-corrected chi connectivity index (χ0v) is 13.1. The highest BCUT2D eigenvalue weighted by Gasteiger charge is 2.18. The molecule has 2 aromatic carbocycles. The van der Waals surface area contributed by atoms with Crippen molar-refractivity contribution in [3.05, 3.63) is 59.7 Å². The molecule has 120 valence electrons. The fourth-order valence-electron chi connectivity index (χ4n) is 2.85. The van der Waals surface area contributed by atoms with Gasteiger partial charge < -0.3 is 19.0 Å². The number of aryl methyl sites for hydroxylation is 2. The van der Waals surface area contributed by atoms with E-state index in [1.165, 1.54) is 5.56 Å². The van der Waals surface area contributed by atoms with Gasteiger partial charge >= 0.3 is 0 Å². The molecule has 0 aliphatic heterocycles. The fourth-order valence-corrected chi connectivity index (χ4v) is 2.85. The van der Waals surface area contributed by atoms with Crippen LogP contribution in [0.3, 0.4) is 0 Å². The topological polar surface area (TPSA) is 51.8 Å². The predicted molar refractivity (Wildman–Crippen MR) is 88.9 cm³/mol. The minimum atomic E-state index is -0.365. The molecule has 0 fully saturated rings. The molecule has 0 amide bonds. The minimum Gasteiger partial charge on any atom is -0.468 e. The molecule has 1 aromatic heterocycles. The van der Waals surface area contributed by atoms with Crippen LogP contribution in [0.2, 0.25) is 0 Å². The Morgan fingerprint density at radius 1 is 1.00 bits per heavy atom. The van der Waals surface area contributed by atoms with Crippen molar-refractivity contribution in [2.45, 2.75) is 19.3 Å². The molecule has 0 spiro atoms. The first-order chi connectivity index (χ1) is 11.3. The Morgan fingerprint density at radius 2 is 1.83 bits per heavy atom. The Balaban J connectivity index is 1.86. The van der Waals surface area contributed by atoms with E-state index in [0.29, 0.717) is 17.3 Å². The Kier molecular flexibility index (Phi) is 4.83. The standard InChI is InChI=1S/C19H20O4/c1-21-19-15(10-5-9-14-7-3-2-4-8-14)18-16(22-13-20)11-6-12-17(18)23-19/h2-4,6-8,11-12,20H,5,9-10,13H2,1H3. The lowest BCUT2D eigenvalue weighted by Gasteiger charge is -2.06. The maximum Gasteiger partial charge on any atom is 0.288 e. The van der Waals surface area contributed by atoms with Gasteiger partial charge in [-0.15, -0.1) is 0 Å². The summed E-state index contributed by atoms with van der Waals surface area (Å²) in [6.45, 7) is -0.365. The summed E-state index contributed by atoms with van der Waals surface area (Å²) < 4.78 is 16.5. The second-order valence-corrected chi connectivity index (χ2v) is 5.31. The number of aliphatic hydroxyl groups excluding tert-OH is 1. The number of hydrogen-bond donors (Lipinski definition) is 1. The van der Waals surface area contributed by atoms with Crippen LogP contribution < -0.4 is 9.47 Å². The van der Waals surface area contributed by atoms with Gasteiger partial charge in [-0.3, -0.25) is 0 Å². The molecule has 0 saturated carbocycles. The van der Waals surface area contributed by atoms with Crippen molar-refractivity contribution in [2.75, 3.05) is 13.9 Å². The van der Waals surface area contributed by atoms with Gasteiger partial charge in [-0.1, -0.05) is 36.4 Å². The van der Waals surface area contributed by atoms with E-state index < -0.39 is 0 Å². The Bertz CT molecular complexity index is 762. The monoisotopic (exact) mass is 312 g/mol. The number of ether oxygens (including phenoxy) is 2. The molecule has 1 heterocycles. The molecule has 0 unspecified atom stereocenters. The quantitative estimate of drug-likeness (QED) is 0.671. The van der Waals surface area contributed by atoms with Gasteiger partial charge in [0.15, 0.2) is 6.79 Å². The second kappa shape index (κ2) is 7.20. The van der Waals surface area contributed by atoms with Crippen LogP contribution in [0.15, 0.2) is 52.9 Å². The normalized spacial score (nSPS) is 10.9. The van der Waals surface area contributed by atoms with Crippen molar-refractivity contribution in [1.29, 1.82) is 0 Å². The van der Waals surface area contributed by atoms with Crippen molar-refractivity contribution in [3.63, 3.8) is 0 Å². The van der Waals surface area contributed by atoms with Crippen LogP contribution in [0.4, 0.5) is 0 Å². The Hall–Kier alpha value is -2.46. The predicted octanol–water partition coefficient (Wildman–Crippen LogP) is 3.95. The summed E-state index contributed by atoms with van der Waals surface area (Å²) in [4.78, 5) is 0. The van der Waals surface area contributed by atoms with Crippen molar-refractivity contribution < 1.29 is 19.0 Å². The number of benzene rings is 2. The number of fused-ring (bicyclic) bond motifs is 1. The van der Waals surface area contributed by atoms with Gasteiger partial charge in [-0.25, -0.2) is 0 Å². The van der Waals surface area contributed by atoms with Crippen LogP contribution in [0, 0.1) is 0 Å². The number of hydrogen-bond acceptors (Lipinski definition) is 4. The van der Waals surface area contributed by atoms with Gasteiger partial charge in [-0.05, 0) is 37.0 Å². The van der Waals surface area contributed by atoms with Crippen molar-refractivity contribution in [2.24, 2.45) is 0 Å². The van der Waals surface area contributed by atoms with Crippen LogP contribution in [0.25, 0.3) is 11.0 Å². The van der Waals surface area contributed by atoms with E-state index in [9.17, 15) is 0 Å². The van der Waals surface area contributed by atoms with Gasteiger partial charge in [0.2, 0.25) is 0 Å². The molecule has 4 nitrogen and oxygen atoms in total. The number of methoxy groups -OCH3 is 1. The molecule has 0 radical (unpaired) electrons. The lowest BCUT2D eigenvalue weighted by atomic mass is 10.0. The average molecular weight is 312 g/mol. The van der Waals surface area contributed by atoms with Crippen LogP contribution >= 0.6 is 0 Å². The van der Waals surface area contributed by atoms with E-state index in [1.54, 1.807) is 7.11 Å². The molecule has 0 atom stereocenters. The minimum absolute atomic E-state index is 0.365. The molecule has 3 rings (SSSR count). The number of aliphatic hydroxyl groups is 1. The van der Waals surface area contributed by atoms with Gasteiger partial charge in [0.05, 0.1) is 12.5 Å². The van der Waals surface area contributed by atoms with E-state index in [2.05, 4.69) is 24.3 Å². The third-order valence-corrected chi connectivity index (χ3v) is 3.88. The van der Waals surface area contributed by atoms with E-state index in [1.807, 2.05) is 24.3 Å². The molecule has 3 aromatic rings. The van der Waals surface area contributed by atoms with Crippen LogP contribution in [0.1, 0.15) is 17.5 Å². The van der Waals surface area contributed by atoms with E-state index >= 15 is 0 Å². The lowest BCUT2D eigenvalue weighted by Crippen LogP contribution is -1.97. The zero-order valence-electron chi connectivity index (χ0n) is 13.1. The second-order valence-electron chi connectivity index (χ2n) is 5.31. The summed E-state index contributed by atoms with van der Waals surface area (Å²) in [6.07, 6.45) is 2.78. The Morgan fingerprint density at radius 3 is 2.57 bits per heavy atom. The molecule has 0 aliphatic rings. The average Bonchev–Trinajstić information content (AvgIpc) is 2.95. The van der Waals surface area contributed by atoms with Gasteiger partial charge in [0, 0.05) is 5.56 Å². The van der Waals surface area contributed by atoms with Crippen molar-refractivity contribution in [1.82, 2.24) is 0 Å². The fraction of sp³-hybridized carbons (Fsp3) is 0.263. The highest BCUT2D eigenvalue weighted by molar-refractivity contribution is 5.89. The molecule has 23 heavy (non-hydrogen) atoms. The summed E-state index contributed by atoms with van der Waals surface area (Å²) >= 11 is 0. The molecule has 0 bridgehead atoms. The molecule has 1 N–H and O–H groups in total. The zero-order chi connectivity index (χ0) is 16.1. The first kappa shape index (κ1) is 15.4. The highest BCUT2D eigenvalue weighted by Crippen LogP contribution is 2.38. The van der Waals surface area contributed by atoms with Crippen LogP contribution in [0.5, 0.6) is 11.7 Å². The van der Waals surface area contributed by atoms with Crippen molar-refractivity contribution >= 4 is 11.0 Å². The van der Waals surface area contributed by atoms with Crippen LogP contribution in [-0.2, 0) is 12.8 Å². The van der Waals surface area contributed by atoms with Crippen molar-refractivity contribution in [3.8, 4) is 11.7 Å². The molecular weight excluding hydrogens is 292 g/mol. The molecular formula is C19H20O4. The summed E-state index contributed by atoms with van der Waals surface area (Å²) in [5.74, 6) is 1.13. The lowest BCUT2D eigenvalue weighted by molar-refractivity contribution is 0.1000. The van der Waals surface area contributed by atoms with Crippen LogP contribution in [-0.4, -0.2) is 19.0 Å². The third kappa shape index (κ3) is 3.32. The summed E-state index contributed by atoms with van der Waals surface area (Å²) in [5, 5.41) is 9.96. The maximum absolute atomic E-state index is 9.07. The van der Waals surface area contributed by atoms with Gasteiger partial charge in [-0.2, -0.15) is 0 Å². The highest BCUT2D eigenvalue weighted by atomic mass is 16.6. The van der Waals surface area contributed by atoms with Gasteiger partial charge in [0.1, 0.15) is 11.3 Å². The maximum atomic E-state index is 9.07. The number of rotatable bonds is 7. The molecule has 0 aliphatic carbocycles. The summed E-state index contributed by atoms with van der Waals surface area (Å²) in [5.41, 5.74) is 3.01. The largest absolute Gasteiger partial charge is 0.468 e. The van der Waals surface area contributed by atoms with E-state index in [-0.39, 0.29) is 6.79 Å². The summed E-state index contributed by atoms with van der Waals surface area (Å²) in [6, 6.07) is 15.9. The third-order valence-electron chi connectivity index (χ3n) is 3.88. The first-order valence-electron chi connectivity index (χ1n) is 7.69. The van der Waals surface area contributed by atoms with Gasteiger partial charge in [0.25, 0.3) is 5.95 Å².